The van der Waals surface area contributed by atoms with E-state index in [0.29, 0.717) is 17.4 Å². The van der Waals surface area contributed by atoms with Crippen LogP contribution in [0.3, 0.4) is 0 Å². The highest BCUT2D eigenvalue weighted by Gasteiger charge is 2.34. The van der Waals surface area contributed by atoms with E-state index in [1.54, 1.807) is 14.0 Å². The van der Waals surface area contributed by atoms with Crippen molar-refractivity contribution in [1.82, 2.24) is 19.5 Å². The lowest BCUT2D eigenvalue weighted by atomic mass is 9.93. The van der Waals surface area contributed by atoms with Crippen LogP contribution in [-0.2, 0) is 9.53 Å². The van der Waals surface area contributed by atoms with Gasteiger partial charge >= 0.3 is 5.97 Å². The van der Waals surface area contributed by atoms with Crippen LogP contribution in [0, 0.1) is 12.8 Å². The van der Waals surface area contributed by atoms with E-state index in [0.717, 1.165) is 42.1 Å². The number of esters is 1. The third-order valence-electron chi connectivity index (χ3n) is 5.48. The number of carbonyl (C=O) groups excluding carboxylic acids is 1. The molecule has 3 aromatic rings. The Bertz CT molecular complexity index is 1040. The van der Waals surface area contributed by atoms with Crippen LogP contribution in [0.5, 0.6) is 11.6 Å². The fourth-order valence-electron chi connectivity index (χ4n) is 4.02. The van der Waals surface area contributed by atoms with Crippen molar-refractivity contribution < 1.29 is 19.4 Å². The number of likely N-dealkylation sites (tertiary alicyclic amines) is 1. The van der Waals surface area contributed by atoms with Gasteiger partial charge in [-0.3, -0.25) is 9.69 Å². The minimum atomic E-state index is -0.183. The first-order chi connectivity index (χ1) is 14.5. The van der Waals surface area contributed by atoms with Crippen LogP contribution >= 0.6 is 11.3 Å². The number of hydrogen-bond acceptors (Lipinski definition) is 8. The molecule has 0 amide bonds. The summed E-state index contributed by atoms with van der Waals surface area (Å²) in [5, 5.41) is 15.2. The molecular formula is C21H26N4O4S. The third-order valence-corrected chi connectivity index (χ3v) is 6.55. The van der Waals surface area contributed by atoms with Crippen LogP contribution in [0.25, 0.3) is 4.96 Å². The van der Waals surface area contributed by atoms with Gasteiger partial charge in [0.05, 0.1) is 30.6 Å². The molecule has 1 saturated heterocycles. The maximum absolute atomic E-state index is 12.2. The molecule has 160 valence electrons. The summed E-state index contributed by atoms with van der Waals surface area (Å²) >= 11 is 1.44. The maximum Gasteiger partial charge on any atom is 0.309 e. The highest BCUT2D eigenvalue weighted by atomic mass is 32.1. The van der Waals surface area contributed by atoms with Crippen molar-refractivity contribution in [1.29, 1.82) is 0 Å². The third kappa shape index (κ3) is 3.87. The number of hydrogen-bond donors (Lipinski definition) is 1. The average molecular weight is 431 g/mol. The van der Waals surface area contributed by atoms with Crippen molar-refractivity contribution in [3.63, 3.8) is 0 Å². The minimum Gasteiger partial charge on any atom is -0.497 e. The number of ether oxygens (including phenoxy) is 2. The molecule has 4 rings (SSSR count). The molecule has 0 bridgehead atoms. The smallest absolute Gasteiger partial charge is 0.309 e. The second kappa shape index (κ2) is 8.61. The Balaban J connectivity index is 1.68. The van der Waals surface area contributed by atoms with Crippen molar-refractivity contribution in [3.05, 3.63) is 40.5 Å². The average Bonchev–Trinajstić information content (AvgIpc) is 3.26. The molecule has 0 radical (unpaired) electrons. The van der Waals surface area contributed by atoms with Crippen molar-refractivity contribution in [2.75, 3.05) is 26.8 Å². The van der Waals surface area contributed by atoms with Gasteiger partial charge in [-0.15, -0.1) is 5.10 Å². The number of thiazole rings is 1. The van der Waals surface area contributed by atoms with E-state index in [-0.39, 0.29) is 23.8 Å². The van der Waals surface area contributed by atoms with Gasteiger partial charge in [0, 0.05) is 0 Å². The summed E-state index contributed by atoms with van der Waals surface area (Å²) in [5.41, 5.74) is 1.01. The summed E-state index contributed by atoms with van der Waals surface area (Å²) in [7, 11) is 1.64. The van der Waals surface area contributed by atoms with Crippen molar-refractivity contribution >= 4 is 22.3 Å². The number of aromatic nitrogens is 3. The molecule has 3 heterocycles. The molecule has 1 fully saturated rings. The Kier molecular flexibility index (Phi) is 5.92. The van der Waals surface area contributed by atoms with Crippen molar-refractivity contribution in [2.45, 2.75) is 32.7 Å². The first-order valence-electron chi connectivity index (χ1n) is 10.1. The molecule has 0 aliphatic carbocycles. The number of aryl methyl sites for hydroxylation is 1. The standard InChI is InChI=1S/C21H26N4O4S/c1-4-29-20(27)14-8-10-24(11-9-14)17(15-6-5-7-16(12-15)28-3)18-19(26)25-21(30-18)22-13(2)23-25/h5-7,12,14,17,26H,4,8-11H2,1-3H3/t17-/m1/s1. The molecule has 1 atom stereocenters. The summed E-state index contributed by atoms with van der Waals surface area (Å²) in [6.45, 7) is 5.48. The Morgan fingerprint density at radius 3 is 2.80 bits per heavy atom. The normalized spacial score (nSPS) is 16.6. The van der Waals surface area contributed by atoms with Crippen molar-refractivity contribution in [2.24, 2.45) is 5.92 Å². The van der Waals surface area contributed by atoms with Gasteiger partial charge in [0.15, 0.2) is 0 Å². The number of piperidine rings is 1. The van der Waals surface area contributed by atoms with Crippen LogP contribution in [-0.4, -0.2) is 57.4 Å². The summed E-state index contributed by atoms with van der Waals surface area (Å²) in [6.07, 6.45) is 1.44. The number of carbonyl (C=O) groups is 1. The molecule has 0 unspecified atom stereocenters. The summed E-state index contributed by atoms with van der Waals surface area (Å²) in [6, 6.07) is 7.69. The number of rotatable bonds is 6. The molecule has 1 aliphatic heterocycles. The minimum absolute atomic E-state index is 0.0780. The predicted octanol–water partition coefficient (Wildman–Crippen LogP) is 3.18. The number of aromatic hydroxyl groups is 1. The topological polar surface area (TPSA) is 89.2 Å². The number of methoxy groups -OCH3 is 1. The molecule has 8 nitrogen and oxygen atoms in total. The zero-order chi connectivity index (χ0) is 21.3. The SMILES string of the molecule is CCOC(=O)C1CCN([C@H](c2cccc(OC)c2)c2sc3nc(C)nn3c2O)CC1. The lowest BCUT2D eigenvalue weighted by Crippen LogP contribution is -2.39. The first kappa shape index (κ1) is 20.6. The molecule has 1 aromatic carbocycles. The van der Waals surface area contributed by atoms with Crippen LogP contribution < -0.4 is 4.74 Å². The Hall–Kier alpha value is -2.65. The van der Waals surface area contributed by atoms with E-state index in [4.69, 9.17) is 9.47 Å². The summed E-state index contributed by atoms with van der Waals surface area (Å²) < 4.78 is 12.1. The van der Waals surface area contributed by atoms with Crippen molar-refractivity contribution in [3.8, 4) is 11.6 Å². The van der Waals surface area contributed by atoms with Gasteiger partial charge in [-0.25, -0.2) is 4.98 Å². The largest absolute Gasteiger partial charge is 0.497 e. The van der Waals surface area contributed by atoms with Gasteiger partial charge in [-0.1, -0.05) is 23.5 Å². The monoisotopic (exact) mass is 430 g/mol. The molecule has 9 heteroatoms. The molecular weight excluding hydrogens is 404 g/mol. The molecule has 30 heavy (non-hydrogen) atoms. The van der Waals surface area contributed by atoms with E-state index in [9.17, 15) is 9.90 Å². The number of benzene rings is 1. The second-order valence-electron chi connectivity index (χ2n) is 7.38. The van der Waals surface area contributed by atoms with E-state index in [1.165, 1.54) is 15.9 Å². The molecule has 0 spiro atoms. The van der Waals surface area contributed by atoms with Crippen LogP contribution in [0.2, 0.25) is 0 Å². The first-order valence-corrected chi connectivity index (χ1v) is 10.9. The number of fused-ring (bicyclic) bond motifs is 1. The van der Waals surface area contributed by atoms with Crippen LogP contribution in [0.4, 0.5) is 0 Å². The van der Waals surface area contributed by atoms with E-state index >= 15 is 0 Å². The maximum atomic E-state index is 12.2. The fourth-order valence-corrected chi connectivity index (χ4v) is 5.18. The fraction of sp³-hybridized carbons (Fsp3) is 0.476. The van der Waals surface area contributed by atoms with Gasteiger partial charge in [-0.05, 0) is 57.5 Å². The summed E-state index contributed by atoms with van der Waals surface area (Å²) in [4.78, 5) is 20.3. The van der Waals surface area contributed by atoms with Gasteiger partial charge in [0.25, 0.3) is 0 Å². The zero-order valence-electron chi connectivity index (χ0n) is 17.4. The Labute approximate surface area is 179 Å². The molecule has 0 saturated carbocycles. The van der Waals surface area contributed by atoms with Gasteiger partial charge in [-0.2, -0.15) is 4.52 Å². The highest BCUT2D eigenvalue weighted by molar-refractivity contribution is 7.17. The van der Waals surface area contributed by atoms with Crippen LogP contribution in [0.15, 0.2) is 24.3 Å². The van der Waals surface area contributed by atoms with Gasteiger partial charge in [0.2, 0.25) is 10.8 Å². The Morgan fingerprint density at radius 1 is 1.37 bits per heavy atom. The lowest BCUT2D eigenvalue weighted by molar-refractivity contribution is -0.149. The predicted molar refractivity (Wildman–Crippen MR) is 113 cm³/mol. The van der Waals surface area contributed by atoms with Gasteiger partial charge in [0.1, 0.15) is 11.6 Å². The quantitative estimate of drug-likeness (QED) is 0.601. The van der Waals surface area contributed by atoms with Crippen LogP contribution in [0.1, 0.15) is 42.1 Å². The lowest BCUT2D eigenvalue weighted by Gasteiger charge is -2.36. The molecule has 2 aromatic heterocycles. The Morgan fingerprint density at radius 2 is 2.13 bits per heavy atom. The second-order valence-corrected chi connectivity index (χ2v) is 8.39. The molecule has 1 aliphatic rings. The molecule has 1 N–H and O–H groups in total. The highest BCUT2D eigenvalue weighted by Crippen LogP contribution is 2.42. The number of nitrogens with zero attached hydrogens (tertiary/aromatic N) is 4. The zero-order valence-corrected chi connectivity index (χ0v) is 18.2. The summed E-state index contributed by atoms with van der Waals surface area (Å²) in [5.74, 6) is 1.29. The van der Waals surface area contributed by atoms with Gasteiger partial charge < -0.3 is 14.6 Å². The van der Waals surface area contributed by atoms with E-state index < -0.39 is 0 Å². The van der Waals surface area contributed by atoms with E-state index in [2.05, 4.69) is 15.0 Å². The van der Waals surface area contributed by atoms with E-state index in [1.807, 2.05) is 31.2 Å².